The summed E-state index contributed by atoms with van der Waals surface area (Å²) in [6, 6.07) is 12.8. The number of hydrogen-bond acceptors (Lipinski definition) is 2. The molecule has 0 aliphatic carbocycles. The van der Waals surface area contributed by atoms with Crippen LogP contribution in [0.2, 0.25) is 5.02 Å². The van der Waals surface area contributed by atoms with Crippen LogP contribution in [0.3, 0.4) is 0 Å². The maximum atomic E-state index is 5.97. The van der Waals surface area contributed by atoms with Crippen molar-refractivity contribution in [3.05, 3.63) is 64.9 Å². The molecule has 0 saturated carbocycles. The van der Waals surface area contributed by atoms with E-state index in [0.29, 0.717) is 6.04 Å². The number of nitrogens with zero attached hydrogens (tertiary/aromatic N) is 1. The van der Waals surface area contributed by atoms with Gasteiger partial charge in [-0.15, -0.1) is 0 Å². The Kier molecular flexibility index (Phi) is 5.57. The van der Waals surface area contributed by atoms with Crippen molar-refractivity contribution < 1.29 is 0 Å². The normalized spacial score (nSPS) is 13.9. The zero-order chi connectivity index (χ0) is 14.4. The first-order valence-electron chi connectivity index (χ1n) is 7.12. The van der Waals surface area contributed by atoms with Crippen LogP contribution in [0.4, 0.5) is 0 Å². The number of hydrogen-bond donors (Lipinski definition) is 1. The average Bonchev–Trinajstić information content (AvgIpc) is 2.48. The molecular formula is C17H21ClN2. The molecule has 0 fully saturated rings. The average molecular weight is 289 g/mol. The predicted octanol–water partition coefficient (Wildman–Crippen LogP) is 4.93. The molecule has 1 unspecified atom stereocenters. The molecule has 2 atom stereocenters. The molecule has 0 radical (unpaired) electrons. The van der Waals surface area contributed by atoms with E-state index in [4.69, 9.17) is 11.6 Å². The van der Waals surface area contributed by atoms with E-state index in [1.807, 2.05) is 24.4 Å². The molecule has 1 heterocycles. The molecule has 2 aromatic rings. The summed E-state index contributed by atoms with van der Waals surface area (Å²) >= 11 is 5.97. The van der Waals surface area contributed by atoms with Gasteiger partial charge in [-0.25, -0.2) is 0 Å². The van der Waals surface area contributed by atoms with E-state index in [1.165, 1.54) is 11.1 Å². The van der Waals surface area contributed by atoms with Crippen LogP contribution in [0.15, 0.2) is 48.8 Å². The van der Waals surface area contributed by atoms with Gasteiger partial charge in [0.15, 0.2) is 0 Å². The molecule has 2 rings (SSSR count). The van der Waals surface area contributed by atoms with Crippen LogP contribution >= 0.6 is 11.6 Å². The first kappa shape index (κ1) is 15.0. The van der Waals surface area contributed by atoms with Gasteiger partial charge in [-0.05, 0) is 42.7 Å². The number of rotatable bonds is 6. The summed E-state index contributed by atoms with van der Waals surface area (Å²) in [6.07, 6.45) is 5.97. The lowest BCUT2D eigenvalue weighted by atomic mass is 10.00. The van der Waals surface area contributed by atoms with Gasteiger partial charge in [0.2, 0.25) is 0 Å². The third-order valence-electron chi connectivity index (χ3n) is 3.49. The molecule has 0 spiro atoms. The van der Waals surface area contributed by atoms with Crippen molar-refractivity contribution in [2.24, 2.45) is 0 Å². The summed E-state index contributed by atoms with van der Waals surface area (Å²) in [7, 11) is 0. The van der Waals surface area contributed by atoms with Crippen LogP contribution in [-0.2, 0) is 0 Å². The van der Waals surface area contributed by atoms with E-state index in [1.54, 1.807) is 6.20 Å². The maximum absolute atomic E-state index is 5.97. The third-order valence-corrected chi connectivity index (χ3v) is 3.74. The van der Waals surface area contributed by atoms with Crippen LogP contribution < -0.4 is 5.32 Å². The van der Waals surface area contributed by atoms with Crippen molar-refractivity contribution in [3.8, 4) is 0 Å². The summed E-state index contributed by atoms with van der Waals surface area (Å²) in [5.41, 5.74) is 2.49. The molecule has 106 valence electrons. The van der Waals surface area contributed by atoms with Gasteiger partial charge in [-0.1, -0.05) is 43.1 Å². The number of aromatic nitrogens is 1. The second-order valence-electron chi connectivity index (χ2n) is 5.07. The van der Waals surface area contributed by atoms with Gasteiger partial charge in [0.25, 0.3) is 0 Å². The number of nitrogens with one attached hydrogen (secondary N) is 1. The quantitative estimate of drug-likeness (QED) is 0.815. The summed E-state index contributed by atoms with van der Waals surface area (Å²) in [5, 5.41) is 4.47. The lowest BCUT2D eigenvalue weighted by molar-refractivity contribution is 0.439. The van der Waals surface area contributed by atoms with Crippen LogP contribution in [0, 0.1) is 0 Å². The number of pyridine rings is 1. The molecule has 0 saturated heterocycles. The standard InChI is InChI=1S/C17H21ClN2/c1-3-5-17(14-7-9-16(18)10-8-14)20-13(2)15-6-4-11-19-12-15/h4,6-13,17,20H,3,5H2,1-2H3/t13-,17?/m1/s1. The van der Waals surface area contributed by atoms with Crippen LogP contribution in [-0.4, -0.2) is 4.98 Å². The minimum absolute atomic E-state index is 0.274. The van der Waals surface area contributed by atoms with Crippen molar-refractivity contribution in [2.45, 2.75) is 38.8 Å². The molecule has 3 heteroatoms. The Morgan fingerprint density at radius 2 is 1.90 bits per heavy atom. The first-order valence-corrected chi connectivity index (χ1v) is 7.50. The monoisotopic (exact) mass is 288 g/mol. The fourth-order valence-corrected chi connectivity index (χ4v) is 2.49. The van der Waals surface area contributed by atoms with E-state index >= 15 is 0 Å². The van der Waals surface area contributed by atoms with Crippen molar-refractivity contribution in [1.29, 1.82) is 0 Å². The second-order valence-corrected chi connectivity index (χ2v) is 5.50. The van der Waals surface area contributed by atoms with Crippen LogP contribution in [0.1, 0.15) is 49.9 Å². The maximum Gasteiger partial charge on any atom is 0.0406 e. The highest BCUT2D eigenvalue weighted by atomic mass is 35.5. The Morgan fingerprint density at radius 1 is 1.15 bits per heavy atom. The zero-order valence-corrected chi connectivity index (χ0v) is 12.8. The number of benzene rings is 1. The van der Waals surface area contributed by atoms with Crippen molar-refractivity contribution in [2.75, 3.05) is 0 Å². The highest BCUT2D eigenvalue weighted by Gasteiger charge is 2.14. The van der Waals surface area contributed by atoms with Gasteiger partial charge >= 0.3 is 0 Å². The lowest BCUT2D eigenvalue weighted by Gasteiger charge is -2.23. The van der Waals surface area contributed by atoms with E-state index < -0.39 is 0 Å². The highest BCUT2D eigenvalue weighted by Crippen LogP contribution is 2.24. The Labute approximate surface area is 126 Å². The second kappa shape index (κ2) is 7.41. The SMILES string of the molecule is CCCC(N[C@H](C)c1cccnc1)c1ccc(Cl)cc1. The molecule has 1 aromatic carbocycles. The lowest BCUT2D eigenvalue weighted by Crippen LogP contribution is -2.24. The van der Waals surface area contributed by atoms with E-state index in [0.717, 1.165) is 17.9 Å². The zero-order valence-electron chi connectivity index (χ0n) is 12.0. The highest BCUT2D eigenvalue weighted by molar-refractivity contribution is 6.30. The van der Waals surface area contributed by atoms with E-state index in [-0.39, 0.29) is 6.04 Å². The molecule has 0 aliphatic heterocycles. The fraction of sp³-hybridized carbons (Fsp3) is 0.353. The van der Waals surface area contributed by atoms with Gasteiger partial charge in [-0.2, -0.15) is 0 Å². The Bertz CT molecular complexity index is 510. The molecular weight excluding hydrogens is 268 g/mol. The third kappa shape index (κ3) is 4.06. The predicted molar refractivity (Wildman–Crippen MR) is 84.9 cm³/mol. The molecule has 0 amide bonds. The topological polar surface area (TPSA) is 24.9 Å². The molecule has 0 aliphatic rings. The van der Waals surface area contributed by atoms with Crippen molar-refractivity contribution in [3.63, 3.8) is 0 Å². The van der Waals surface area contributed by atoms with E-state index in [9.17, 15) is 0 Å². The summed E-state index contributed by atoms with van der Waals surface area (Å²) in [5.74, 6) is 0. The van der Waals surface area contributed by atoms with Crippen LogP contribution in [0.25, 0.3) is 0 Å². The van der Waals surface area contributed by atoms with E-state index in [2.05, 4.69) is 42.3 Å². The van der Waals surface area contributed by atoms with Crippen molar-refractivity contribution >= 4 is 11.6 Å². The van der Waals surface area contributed by atoms with Gasteiger partial charge in [-0.3, -0.25) is 4.98 Å². The smallest absolute Gasteiger partial charge is 0.0406 e. The molecule has 1 N–H and O–H groups in total. The molecule has 1 aromatic heterocycles. The van der Waals surface area contributed by atoms with Gasteiger partial charge in [0, 0.05) is 29.5 Å². The molecule has 2 nitrogen and oxygen atoms in total. The Balaban J connectivity index is 2.11. The summed E-state index contributed by atoms with van der Waals surface area (Å²) in [4.78, 5) is 4.19. The Hall–Kier alpha value is -1.38. The van der Waals surface area contributed by atoms with Gasteiger partial charge in [0.05, 0.1) is 0 Å². The Morgan fingerprint density at radius 3 is 2.50 bits per heavy atom. The van der Waals surface area contributed by atoms with Crippen molar-refractivity contribution in [1.82, 2.24) is 10.3 Å². The van der Waals surface area contributed by atoms with Gasteiger partial charge in [0.1, 0.15) is 0 Å². The largest absolute Gasteiger partial charge is 0.303 e. The minimum Gasteiger partial charge on any atom is -0.303 e. The molecule has 0 bridgehead atoms. The van der Waals surface area contributed by atoms with Gasteiger partial charge < -0.3 is 5.32 Å². The minimum atomic E-state index is 0.274. The fourth-order valence-electron chi connectivity index (χ4n) is 2.36. The van der Waals surface area contributed by atoms with Crippen LogP contribution in [0.5, 0.6) is 0 Å². The summed E-state index contributed by atoms with van der Waals surface area (Å²) in [6.45, 7) is 4.38. The molecule has 20 heavy (non-hydrogen) atoms. The summed E-state index contributed by atoms with van der Waals surface area (Å²) < 4.78 is 0. The number of halogens is 1. The first-order chi connectivity index (χ1) is 9.70.